The predicted molar refractivity (Wildman–Crippen MR) is 55.7 cm³/mol. The van der Waals surface area contributed by atoms with Gasteiger partial charge in [-0.05, 0) is 11.6 Å². The molecule has 0 saturated carbocycles. The van der Waals surface area contributed by atoms with Crippen LogP contribution in [0.2, 0.25) is 0 Å². The summed E-state index contributed by atoms with van der Waals surface area (Å²) in [6.45, 7) is 0. The number of carboxylic acids is 1. The number of halogens is 3. The molecule has 0 unspecified atom stereocenters. The Labute approximate surface area is 98.4 Å². The third-order valence-corrected chi connectivity index (χ3v) is 2.61. The molecule has 0 bridgehead atoms. The SMILES string of the molecule is N#Cc1ccc(C(F)F)c(CBr)c1C(=O)O. The molecule has 1 aromatic carbocycles. The van der Waals surface area contributed by atoms with E-state index < -0.39 is 12.4 Å². The summed E-state index contributed by atoms with van der Waals surface area (Å²) in [6.07, 6.45) is -2.77. The van der Waals surface area contributed by atoms with Crippen LogP contribution >= 0.6 is 15.9 Å². The molecule has 1 N–H and O–H groups in total. The van der Waals surface area contributed by atoms with Gasteiger partial charge in [0.2, 0.25) is 0 Å². The Bertz CT molecular complexity index is 469. The van der Waals surface area contributed by atoms with Crippen LogP contribution in [0.15, 0.2) is 12.1 Å². The Morgan fingerprint density at radius 3 is 2.56 bits per heavy atom. The van der Waals surface area contributed by atoms with Crippen LogP contribution in [0.5, 0.6) is 0 Å². The Hall–Kier alpha value is -1.48. The maximum atomic E-state index is 12.6. The van der Waals surface area contributed by atoms with E-state index in [0.29, 0.717) is 0 Å². The summed E-state index contributed by atoms with van der Waals surface area (Å²) in [4.78, 5) is 10.9. The third-order valence-electron chi connectivity index (χ3n) is 2.05. The number of benzene rings is 1. The number of aromatic carboxylic acids is 1. The van der Waals surface area contributed by atoms with Gasteiger partial charge in [-0.25, -0.2) is 13.6 Å². The second-order valence-electron chi connectivity index (χ2n) is 2.91. The minimum Gasteiger partial charge on any atom is -0.478 e. The van der Waals surface area contributed by atoms with Gasteiger partial charge in [0, 0.05) is 10.9 Å². The summed E-state index contributed by atoms with van der Waals surface area (Å²) in [5, 5.41) is 17.6. The number of nitrogens with zero attached hydrogens (tertiary/aromatic N) is 1. The molecular weight excluding hydrogens is 284 g/mol. The van der Waals surface area contributed by atoms with E-state index in [1.165, 1.54) is 0 Å². The van der Waals surface area contributed by atoms with E-state index in [1.807, 2.05) is 0 Å². The molecule has 0 amide bonds. The number of hydrogen-bond donors (Lipinski definition) is 1. The van der Waals surface area contributed by atoms with Gasteiger partial charge < -0.3 is 5.11 Å². The molecule has 0 atom stereocenters. The molecule has 16 heavy (non-hydrogen) atoms. The van der Waals surface area contributed by atoms with E-state index in [0.717, 1.165) is 12.1 Å². The van der Waals surface area contributed by atoms with Gasteiger partial charge in [0.05, 0.1) is 11.1 Å². The first-order chi connectivity index (χ1) is 7.52. The lowest BCUT2D eigenvalue weighted by Crippen LogP contribution is -2.08. The van der Waals surface area contributed by atoms with Gasteiger partial charge in [-0.3, -0.25) is 0 Å². The van der Waals surface area contributed by atoms with Crippen LogP contribution < -0.4 is 0 Å². The van der Waals surface area contributed by atoms with Crippen LogP contribution in [-0.4, -0.2) is 11.1 Å². The first kappa shape index (κ1) is 12.6. The minimum absolute atomic E-state index is 0.0379. The fraction of sp³-hybridized carbons (Fsp3) is 0.200. The van der Waals surface area contributed by atoms with Crippen molar-refractivity contribution in [2.75, 3.05) is 0 Å². The van der Waals surface area contributed by atoms with Crippen molar-refractivity contribution in [1.82, 2.24) is 0 Å². The summed E-state index contributed by atoms with van der Waals surface area (Å²) in [7, 11) is 0. The number of carboxylic acid groups (broad SMARTS) is 1. The highest BCUT2D eigenvalue weighted by Crippen LogP contribution is 2.29. The average molecular weight is 290 g/mol. The number of hydrogen-bond acceptors (Lipinski definition) is 2. The Morgan fingerprint density at radius 1 is 1.56 bits per heavy atom. The average Bonchev–Trinajstić information content (AvgIpc) is 2.26. The molecule has 0 aliphatic heterocycles. The highest BCUT2D eigenvalue weighted by Gasteiger charge is 2.22. The summed E-state index contributed by atoms with van der Waals surface area (Å²) < 4.78 is 25.2. The number of nitriles is 1. The van der Waals surface area contributed by atoms with E-state index >= 15 is 0 Å². The summed E-state index contributed by atoms with van der Waals surface area (Å²) in [5.74, 6) is -1.38. The number of alkyl halides is 3. The molecule has 3 nitrogen and oxygen atoms in total. The first-order valence-corrected chi connectivity index (χ1v) is 5.28. The van der Waals surface area contributed by atoms with Crippen LogP contribution in [-0.2, 0) is 5.33 Å². The van der Waals surface area contributed by atoms with Crippen molar-refractivity contribution in [2.45, 2.75) is 11.8 Å². The standard InChI is InChI=1S/C10H6BrF2NO2/c11-3-7-6(9(12)13)2-1-5(4-14)8(7)10(15)16/h1-2,9H,3H2,(H,15,16). The van der Waals surface area contributed by atoms with Crippen molar-refractivity contribution in [3.63, 3.8) is 0 Å². The molecule has 1 rings (SSSR count). The van der Waals surface area contributed by atoms with Gasteiger partial charge in [-0.15, -0.1) is 0 Å². The smallest absolute Gasteiger partial charge is 0.337 e. The molecule has 0 spiro atoms. The normalized spacial score (nSPS) is 10.2. The molecule has 0 radical (unpaired) electrons. The summed E-state index contributed by atoms with van der Waals surface area (Å²) in [5.41, 5.74) is -0.904. The third kappa shape index (κ3) is 2.19. The van der Waals surface area contributed by atoms with E-state index in [4.69, 9.17) is 10.4 Å². The molecule has 84 valence electrons. The zero-order valence-corrected chi connectivity index (χ0v) is 9.46. The molecule has 0 heterocycles. The highest BCUT2D eigenvalue weighted by atomic mass is 79.9. The summed E-state index contributed by atoms with van der Waals surface area (Å²) >= 11 is 2.95. The second-order valence-corrected chi connectivity index (χ2v) is 3.47. The van der Waals surface area contributed by atoms with Crippen LogP contribution in [0, 0.1) is 11.3 Å². The van der Waals surface area contributed by atoms with Crippen molar-refractivity contribution in [3.05, 3.63) is 34.4 Å². The largest absolute Gasteiger partial charge is 0.478 e. The Morgan fingerprint density at radius 2 is 2.19 bits per heavy atom. The lowest BCUT2D eigenvalue weighted by Gasteiger charge is -2.10. The maximum absolute atomic E-state index is 12.6. The second kappa shape index (κ2) is 5.03. The van der Waals surface area contributed by atoms with Crippen molar-refractivity contribution in [1.29, 1.82) is 5.26 Å². The molecule has 0 saturated heterocycles. The van der Waals surface area contributed by atoms with E-state index in [2.05, 4.69) is 15.9 Å². The van der Waals surface area contributed by atoms with Crippen molar-refractivity contribution in [3.8, 4) is 6.07 Å². The minimum atomic E-state index is -2.77. The molecule has 0 aliphatic carbocycles. The summed E-state index contributed by atoms with van der Waals surface area (Å²) in [6, 6.07) is 3.84. The van der Waals surface area contributed by atoms with Gasteiger partial charge >= 0.3 is 5.97 Å². The van der Waals surface area contributed by atoms with Crippen molar-refractivity contribution >= 4 is 21.9 Å². The first-order valence-electron chi connectivity index (χ1n) is 4.16. The molecule has 0 aliphatic rings. The zero-order chi connectivity index (χ0) is 12.3. The van der Waals surface area contributed by atoms with Crippen LogP contribution in [0.3, 0.4) is 0 Å². The number of carbonyl (C=O) groups is 1. The van der Waals surface area contributed by atoms with Crippen LogP contribution in [0.25, 0.3) is 0 Å². The van der Waals surface area contributed by atoms with Gasteiger partial charge in [0.25, 0.3) is 6.43 Å². The van der Waals surface area contributed by atoms with E-state index in [9.17, 15) is 13.6 Å². The molecule has 0 aromatic heterocycles. The highest BCUT2D eigenvalue weighted by molar-refractivity contribution is 9.08. The molecule has 0 fully saturated rings. The van der Waals surface area contributed by atoms with Gasteiger partial charge in [0.1, 0.15) is 6.07 Å². The zero-order valence-electron chi connectivity index (χ0n) is 7.88. The Balaban J connectivity index is 3.58. The topological polar surface area (TPSA) is 61.1 Å². The monoisotopic (exact) mass is 289 g/mol. The van der Waals surface area contributed by atoms with E-state index in [-0.39, 0.29) is 27.6 Å². The van der Waals surface area contributed by atoms with Gasteiger partial charge in [-0.1, -0.05) is 22.0 Å². The van der Waals surface area contributed by atoms with Gasteiger partial charge in [0.15, 0.2) is 0 Å². The van der Waals surface area contributed by atoms with Crippen LogP contribution in [0.1, 0.15) is 33.5 Å². The van der Waals surface area contributed by atoms with Gasteiger partial charge in [-0.2, -0.15) is 5.26 Å². The van der Waals surface area contributed by atoms with Crippen LogP contribution in [0.4, 0.5) is 8.78 Å². The number of rotatable bonds is 3. The fourth-order valence-corrected chi connectivity index (χ4v) is 1.95. The van der Waals surface area contributed by atoms with Crippen molar-refractivity contribution in [2.24, 2.45) is 0 Å². The molecular formula is C10H6BrF2NO2. The van der Waals surface area contributed by atoms with E-state index in [1.54, 1.807) is 6.07 Å². The lowest BCUT2D eigenvalue weighted by atomic mass is 9.97. The maximum Gasteiger partial charge on any atom is 0.337 e. The molecule has 6 heteroatoms. The predicted octanol–water partition coefficient (Wildman–Crippen LogP) is 3.09. The lowest BCUT2D eigenvalue weighted by molar-refractivity contribution is 0.0695. The Kier molecular flexibility index (Phi) is 3.96. The quantitative estimate of drug-likeness (QED) is 0.870. The molecule has 1 aromatic rings. The fourth-order valence-electron chi connectivity index (χ4n) is 1.35. The van der Waals surface area contributed by atoms with Crippen molar-refractivity contribution < 1.29 is 18.7 Å².